The average molecular weight is 267 g/mol. The molecule has 1 aromatic carbocycles. The zero-order valence-corrected chi connectivity index (χ0v) is 12.1. The number of hydrogen-bond acceptors (Lipinski definition) is 2. The Labute approximate surface area is 115 Å². The van der Waals surface area contributed by atoms with Crippen LogP contribution in [0.25, 0.3) is 0 Å². The van der Waals surface area contributed by atoms with Crippen molar-refractivity contribution < 1.29 is 0 Å². The second-order valence-corrected chi connectivity index (χ2v) is 5.92. The molecule has 1 aliphatic heterocycles. The van der Waals surface area contributed by atoms with Crippen molar-refractivity contribution in [1.29, 1.82) is 0 Å². The van der Waals surface area contributed by atoms with Crippen LogP contribution < -0.4 is 10.6 Å². The Morgan fingerprint density at radius 2 is 2.11 bits per heavy atom. The molecular formula is C15H23ClN2. The van der Waals surface area contributed by atoms with E-state index in [1.54, 1.807) is 0 Å². The highest BCUT2D eigenvalue weighted by molar-refractivity contribution is 6.33. The number of piperidine rings is 1. The molecule has 2 rings (SSSR count). The largest absolute Gasteiger partial charge is 0.367 e. The topological polar surface area (TPSA) is 29.3 Å². The molecule has 1 aromatic rings. The number of rotatable bonds is 3. The van der Waals surface area contributed by atoms with Crippen LogP contribution in [0.15, 0.2) is 18.2 Å². The van der Waals surface area contributed by atoms with E-state index < -0.39 is 0 Å². The molecule has 3 heteroatoms. The minimum atomic E-state index is 0.582. The van der Waals surface area contributed by atoms with Crippen molar-refractivity contribution in [1.82, 2.24) is 0 Å². The van der Waals surface area contributed by atoms with Crippen LogP contribution in [0.5, 0.6) is 0 Å². The summed E-state index contributed by atoms with van der Waals surface area (Å²) in [5.41, 5.74) is 7.98. The second kappa shape index (κ2) is 5.94. The normalized spacial score (nSPS) is 24.3. The molecule has 2 unspecified atom stereocenters. The fourth-order valence-electron chi connectivity index (χ4n) is 2.73. The van der Waals surface area contributed by atoms with Gasteiger partial charge in [0.1, 0.15) is 0 Å². The van der Waals surface area contributed by atoms with Crippen molar-refractivity contribution in [2.24, 2.45) is 11.7 Å². The Balaban J connectivity index is 2.21. The lowest BCUT2D eigenvalue weighted by Crippen LogP contribution is -2.41. The van der Waals surface area contributed by atoms with Gasteiger partial charge in [0.15, 0.2) is 0 Å². The van der Waals surface area contributed by atoms with Gasteiger partial charge in [0.2, 0.25) is 0 Å². The Morgan fingerprint density at radius 3 is 2.78 bits per heavy atom. The van der Waals surface area contributed by atoms with Crippen LogP contribution in [0.1, 0.15) is 32.3 Å². The van der Waals surface area contributed by atoms with Gasteiger partial charge < -0.3 is 10.6 Å². The van der Waals surface area contributed by atoms with Crippen LogP contribution >= 0.6 is 11.6 Å². The van der Waals surface area contributed by atoms with Gasteiger partial charge in [0.05, 0.1) is 10.7 Å². The van der Waals surface area contributed by atoms with Crippen molar-refractivity contribution >= 4 is 17.3 Å². The van der Waals surface area contributed by atoms with E-state index >= 15 is 0 Å². The first-order valence-electron chi connectivity index (χ1n) is 6.87. The molecule has 2 nitrogen and oxygen atoms in total. The van der Waals surface area contributed by atoms with Crippen molar-refractivity contribution in [2.75, 3.05) is 18.0 Å². The van der Waals surface area contributed by atoms with Gasteiger partial charge >= 0.3 is 0 Å². The summed E-state index contributed by atoms with van der Waals surface area (Å²) in [6, 6.07) is 6.96. The summed E-state index contributed by atoms with van der Waals surface area (Å²) >= 11 is 6.43. The third-order valence-corrected chi connectivity index (χ3v) is 4.17. The molecule has 2 N–H and O–H groups in total. The quantitative estimate of drug-likeness (QED) is 0.908. The Morgan fingerprint density at radius 1 is 1.33 bits per heavy atom. The van der Waals surface area contributed by atoms with E-state index in [0.29, 0.717) is 12.6 Å². The maximum absolute atomic E-state index is 6.43. The molecule has 0 saturated carbocycles. The predicted octanol–water partition coefficient (Wildman–Crippen LogP) is 3.47. The Hall–Kier alpha value is -0.730. The monoisotopic (exact) mass is 266 g/mol. The van der Waals surface area contributed by atoms with E-state index in [1.165, 1.54) is 24.1 Å². The highest BCUT2D eigenvalue weighted by Crippen LogP contribution is 2.33. The molecule has 2 atom stereocenters. The lowest BCUT2D eigenvalue weighted by Gasteiger charge is -2.39. The molecule has 0 aliphatic carbocycles. The SMILES string of the molecule is CC1CCC(C)N(c2ccc(CCN)cc2Cl)C1. The molecule has 0 radical (unpaired) electrons. The first kappa shape index (κ1) is 13.7. The average Bonchev–Trinajstić information content (AvgIpc) is 2.33. The molecule has 1 aliphatic rings. The molecule has 1 heterocycles. The number of halogens is 1. The lowest BCUT2D eigenvalue weighted by atomic mass is 9.94. The smallest absolute Gasteiger partial charge is 0.0642 e. The van der Waals surface area contributed by atoms with Crippen molar-refractivity contribution in [3.63, 3.8) is 0 Å². The maximum Gasteiger partial charge on any atom is 0.0642 e. The van der Waals surface area contributed by atoms with Gasteiger partial charge in [-0.2, -0.15) is 0 Å². The summed E-state index contributed by atoms with van der Waals surface area (Å²) in [6.45, 7) is 6.38. The molecule has 0 spiro atoms. The standard InChI is InChI=1S/C15H23ClN2/c1-11-3-4-12(2)18(10-11)15-6-5-13(7-8-17)9-14(15)16/h5-6,9,11-12H,3-4,7-8,10,17H2,1-2H3. The summed E-state index contributed by atoms with van der Waals surface area (Å²) in [5, 5.41) is 0.863. The summed E-state index contributed by atoms with van der Waals surface area (Å²) in [7, 11) is 0. The molecule has 100 valence electrons. The summed E-state index contributed by atoms with van der Waals surface area (Å²) < 4.78 is 0. The highest BCUT2D eigenvalue weighted by atomic mass is 35.5. The van der Waals surface area contributed by atoms with Crippen molar-refractivity contribution in [3.05, 3.63) is 28.8 Å². The lowest BCUT2D eigenvalue weighted by molar-refractivity contribution is 0.390. The zero-order valence-electron chi connectivity index (χ0n) is 11.3. The third-order valence-electron chi connectivity index (χ3n) is 3.87. The molecule has 1 saturated heterocycles. The van der Waals surface area contributed by atoms with Crippen molar-refractivity contribution in [2.45, 2.75) is 39.2 Å². The van der Waals surface area contributed by atoms with E-state index in [1.807, 2.05) is 0 Å². The fraction of sp³-hybridized carbons (Fsp3) is 0.600. The second-order valence-electron chi connectivity index (χ2n) is 5.51. The first-order chi connectivity index (χ1) is 8.61. The summed E-state index contributed by atoms with van der Waals surface area (Å²) in [6.07, 6.45) is 3.47. The first-order valence-corrected chi connectivity index (χ1v) is 7.24. The predicted molar refractivity (Wildman–Crippen MR) is 79.4 cm³/mol. The maximum atomic E-state index is 6.43. The van der Waals surface area contributed by atoms with E-state index in [-0.39, 0.29) is 0 Å². The van der Waals surface area contributed by atoms with Crippen LogP contribution in [-0.4, -0.2) is 19.1 Å². The van der Waals surface area contributed by atoms with Crippen LogP contribution in [0, 0.1) is 5.92 Å². The van der Waals surface area contributed by atoms with Gasteiger partial charge in [-0.15, -0.1) is 0 Å². The fourth-order valence-corrected chi connectivity index (χ4v) is 3.04. The molecule has 1 fully saturated rings. The van der Waals surface area contributed by atoms with Crippen LogP contribution in [0.3, 0.4) is 0 Å². The van der Waals surface area contributed by atoms with Crippen molar-refractivity contribution in [3.8, 4) is 0 Å². The number of hydrogen-bond donors (Lipinski definition) is 1. The minimum Gasteiger partial charge on any atom is -0.367 e. The highest BCUT2D eigenvalue weighted by Gasteiger charge is 2.24. The number of nitrogens with two attached hydrogens (primary N) is 1. The van der Waals surface area contributed by atoms with Gasteiger partial charge in [-0.3, -0.25) is 0 Å². The van der Waals surface area contributed by atoms with Crippen LogP contribution in [-0.2, 0) is 6.42 Å². The molecule has 0 aromatic heterocycles. The zero-order chi connectivity index (χ0) is 13.1. The molecule has 18 heavy (non-hydrogen) atoms. The van der Waals surface area contributed by atoms with Gasteiger partial charge in [-0.25, -0.2) is 0 Å². The third kappa shape index (κ3) is 2.99. The Bertz CT molecular complexity index is 405. The molecule has 0 bridgehead atoms. The summed E-state index contributed by atoms with van der Waals surface area (Å²) in [4.78, 5) is 2.45. The molecular weight excluding hydrogens is 244 g/mol. The van der Waals surface area contributed by atoms with Gasteiger partial charge in [0.25, 0.3) is 0 Å². The number of benzene rings is 1. The molecule has 0 amide bonds. The Kier molecular flexibility index (Phi) is 4.52. The van der Waals surface area contributed by atoms with E-state index in [9.17, 15) is 0 Å². The minimum absolute atomic E-state index is 0.582. The van der Waals surface area contributed by atoms with Gasteiger partial charge in [-0.05, 0) is 56.3 Å². The van der Waals surface area contributed by atoms with Crippen LogP contribution in [0.2, 0.25) is 5.02 Å². The van der Waals surface area contributed by atoms with E-state index in [4.69, 9.17) is 17.3 Å². The van der Waals surface area contributed by atoms with Gasteiger partial charge in [0, 0.05) is 12.6 Å². The van der Waals surface area contributed by atoms with Crippen LogP contribution in [0.4, 0.5) is 5.69 Å². The number of anilines is 1. The summed E-state index contributed by atoms with van der Waals surface area (Å²) in [5.74, 6) is 0.751. The van der Waals surface area contributed by atoms with Gasteiger partial charge in [-0.1, -0.05) is 24.6 Å². The van der Waals surface area contributed by atoms with E-state index in [2.05, 4.69) is 36.9 Å². The van der Waals surface area contributed by atoms with E-state index in [0.717, 1.165) is 23.9 Å². The number of nitrogens with zero attached hydrogens (tertiary/aromatic N) is 1.